The van der Waals surface area contributed by atoms with Crippen LogP contribution in [0.15, 0.2) is 35.9 Å². The molecule has 0 amide bonds. The first kappa shape index (κ1) is 10.5. The molecule has 0 aliphatic rings. The fraction of sp³-hybridized carbons (Fsp3) is 0.250. The normalized spacial score (nSPS) is 12.1. The van der Waals surface area contributed by atoms with E-state index in [0.29, 0.717) is 17.6 Å². The summed E-state index contributed by atoms with van der Waals surface area (Å²) in [7, 11) is 0. The van der Waals surface area contributed by atoms with Crippen molar-refractivity contribution in [3.8, 4) is 0 Å². The summed E-state index contributed by atoms with van der Waals surface area (Å²) < 4.78 is 0. The lowest BCUT2D eigenvalue weighted by Gasteiger charge is -2.05. The standard InChI is InChI=1S/C12H14O2/c1-3-11(9(2)13)12(14)10-7-5-4-6-8-10/h4-8,14H,3H2,1-2H3/b12-11+. The van der Waals surface area contributed by atoms with Crippen molar-refractivity contribution in [3.63, 3.8) is 0 Å². The molecule has 0 spiro atoms. The Morgan fingerprint density at radius 1 is 1.29 bits per heavy atom. The third-order valence-corrected chi connectivity index (χ3v) is 2.11. The molecule has 0 unspecified atom stereocenters. The zero-order valence-electron chi connectivity index (χ0n) is 8.45. The quantitative estimate of drug-likeness (QED) is 0.587. The molecule has 1 rings (SSSR count). The highest BCUT2D eigenvalue weighted by molar-refractivity contribution is 5.99. The summed E-state index contributed by atoms with van der Waals surface area (Å²) in [5.74, 6) is 0.0226. The van der Waals surface area contributed by atoms with Gasteiger partial charge in [0, 0.05) is 11.1 Å². The Kier molecular flexibility index (Phi) is 3.46. The number of hydrogen-bond acceptors (Lipinski definition) is 2. The van der Waals surface area contributed by atoms with E-state index >= 15 is 0 Å². The minimum atomic E-state index is -0.0751. The van der Waals surface area contributed by atoms with Gasteiger partial charge in [0.1, 0.15) is 5.76 Å². The van der Waals surface area contributed by atoms with Crippen molar-refractivity contribution < 1.29 is 9.90 Å². The van der Waals surface area contributed by atoms with Gasteiger partial charge in [-0.25, -0.2) is 0 Å². The second kappa shape index (κ2) is 4.61. The average molecular weight is 190 g/mol. The number of allylic oxidation sites excluding steroid dienone is 1. The Hall–Kier alpha value is -1.57. The van der Waals surface area contributed by atoms with Gasteiger partial charge in [-0.1, -0.05) is 37.3 Å². The van der Waals surface area contributed by atoms with Gasteiger partial charge < -0.3 is 5.11 Å². The molecule has 1 aromatic carbocycles. The zero-order chi connectivity index (χ0) is 10.6. The highest BCUT2D eigenvalue weighted by Crippen LogP contribution is 2.18. The summed E-state index contributed by atoms with van der Waals surface area (Å²) in [6.45, 7) is 3.33. The third kappa shape index (κ3) is 2.22. The summed E-state index contributed by atoms with van der Waals surface area (Å²) in [5.41, 5.74) is 1.18. The number of carbonyl (C=O) groups is 1. The molecular weight excluding hydrogens is 176 g/mol. The molecule has 0 aliphatic heterocycles. The Labute approximate surface area is 83.9 Å². The molecule has 0 saturated carbocycles. The predicted molar refractivity (Wildman–Crippen MR) is 57.0 cm³/mol. The molecule has 74 valence electrons. The Balaban J connectivity index is 3.15. The van der Waals surface area contributed by atoms with E-state index in [0.717, 1.165) is 0 Å². The van der Waals surface area contributed by atoms with E-state index in [1.165, 1.54) is 6.92 Å². The van der Waals surface area contributed by atoms with E-state index in [2.05, 4.69) is 0 Å². The van der Waals surface area contributed by atoms with E-state index in [9.17, 15) is 9.90 Å². The zero-order valence-corrected chi connectivity index (χ0v) is 8.45. The number of aliphatic hydroxyl groups excluding tert-OH is 1. The van der Waals surface area contributed by atoms with Crippen molar-refractivity contribution in [1.29, 1.82) is 0 Å². The molecule has 0 bridgehead atoms. The van der Waals surface area contributed by atoms with Crippen molar-refractivity contribution in [2.24, 2.45) is 0 Å². The maximum Gasteiger partial charge on any atom is 0.159 e. The monoisotopic (exact) mass is 190 g/mol. The van der Waals surface area contributed by atoms with Gasteiger partial charge in [-0.05, 0) is 13.3 Å². The molecule has 1 aromatic rings. The van der Waals surface area contributed by atoms with Crippen LogP contribution in [0.1, 0.15) is 25.8 Å². The van der Waals surface area contributed by atoms with E-state index in [-0.39, 0.29) is 11.5 Å². The number of rotatable bonds is 3. The highest BCUT2D eigenvalue weighted by atomic mass is 16.3. The van der Waals surface area contributed by atoms with Crippen molar-refractivity contribution >= 4 is 11.5 Å². The predicted octanol–water partition coefficient (Wildman–Crippen LogP) is 2.95. The number of carbonyl (C=O) groups excluding carboxylic acids is 1. The van der Waals surface area contributed by atoms with Crippen molar-refractivity contribution in [2.75, 3.05) is 0 Å². The summed E-state index contributed by atoms with van der Waals surface area (Å²) in [4.78, 5) is 11.2. The van der Waals surface area contributed by atoms with Crippen LogP contribution in [0.5, 0.6) is 0 Å². The lowest BCUT2D eigenvalue weighted by atomic mass is 10.0. The van der Waals surface area contributed by atoms with Crippen LogP contribution in [0.4, 0.5) is 0 Å². The molecule has 14 heavy (non-hydrogen) atoms. The smallest absolute Gasteiger partial charge is 0.159 e. The molecule has 0 heterocycles. The van der Waals surface area contributed by atoms with Crippen molar-refractivity contribution in [1.82, 2.24) is 0 Å². The third-order valence-electron chi connectivity index (χ3n) is 2.11. The Morgan fingerprint density at radius 3 is 2.29 bits per heavy atom. The molecule has 0 aromatic heterocycles. The first-order valence-corrected chi connectivity index (χ1v) is 4.65. The summed E-state index contributed by atoms with van der Waals surface area (Å²) in [6, 6.07) is 9.11. The SMILES string of the molecule is CC/C(C(C)=O)=C(\O)c1ccccc1. The highest BCUT2D eigenvalue weighted by Gasteiger charge is 2.09. The van der Waals surface area contributed by atoms with E-state index in [4.69, 9.17) is 0 Å². The number of aliphatic hydroxyl groups is 1. The van der Waals surface area contributed by atoms with Crippen LogP contribution in [0, 0.1) is 0 Å². The second-order valence-corrected chi connectivity index (χ2v) is 3.10. The van der Waals surface area contributed by atoms with Crippen LogP contribution in [0.25, 0.3) is 5.76 Å². The number of ketones is 1. The van der Waals surface area contributed by atoms with E-state index < -0.39 is 0 Å². The summed E-state index contributed by atoms with van der Waals surface area (Å²) >= 11 is 0. The first-order valence-electron chi connectivity index (χ1n) is 4.65. The van der Waals surface area contributed by atoms with Gasteiger partial charge >= 0.3 is 0 Å². The van der Waals surface area contributed by atoms with Crippen LogP contribution in [0.3, 0.4) is 0 Å². The number of benzene rings is 1. The molecule has 0 fully saturated rings. The van der Waals surface area contributed by atoms with E-state index in [1.807, 2.05) is 25.1 Å². The molecular formula is C12H14O2. The van der Waals surface area contributed by atoms with Crippen LogP contribution in [-0.4, -0.2) is 10.9 Å². The maximum atomic E-state index is 11.2. The van der Waals surface area contributed by atoms with Gasteiger partial charge in [0.05, 0.1) is 0 Å². The van der Waals surface area contributed by atoms with Crippen LogP contribution >= 0.6 is 0 Å². The molecule has 0 saturated heterocycles. The maximum absolute atomic E-state index is 11.2. The minimum absolute atomic E-state index is 0.0751. The molecule has 1 N–H and O–H groups in total. The van der Waals surface area contributed by atoms with Gasteiger partial charge in [0.2, 0.25) is 0 Å². The summed E-state index contributed by atoms with van der Waals surface area (Å²) in [6.07, 6.45) is 0.552. The number of Topliss-reactive ketones (excluding diaryl/α,β-unsaturated/α-hetero) is 1. The second-order valence-electron chi connectivity index (χ2n) is 3.10. The molecule has 2 heteroatoms. The Bertz CT molecular complexity index is 350. The van der Waals surface area contributed by atoms with Crippen LogP contribution in [-0.2, 0) is 4.79 Å². The molecule has 2 nitrogen and oxygen atoms in total. The van der Waals surface area contributed by atoms with Crippen LogP contribution < -0.4 is 0 Å². The molecule has 0 aliphatic carbocycles. The molecule has 0 atom stereocenters. The van der Waals surface area contributed by atoms with Gasteiger partial charge in [-0.3, -0.25) is 4.79 Å². The number of hydrogen-bond donors (Lipinski definition) is 1. The topological polar surface area (TPSA) is 37.3 Å². The van der Waals surface area contributed by atoms with Gasteiger partial charge in [-0.2, -0.15) is 0 Å². The first-order chi connectivity index (χ1) is 6.66. The van der Waals surface area contributed by atoms with Crippen molar-refractivity contribution in [3.05, 3.63) is 41.5 Å². The summed E-state index contributed by atoms with van der Waals surface area (Å²) in [5, 5.41) is 9.81. The van der Waals surface area contributed by atoms with Gasteiger partial charge in [0.15, 0.2) is 5.78 Å². The van der Waals surface area contributed by atoms with Gasteiger partial charge in [0.25, 0.3) is 0 Å². The Morgan fingerprint density at radius 2 is 1.86 bits per heavy atom. The largest absolute Gasteiger partial charge is 0.507 e. The molecule has 0 radical (unpaired) electrons. The lowest BCUT2D eigenvalue weighted by molar-refractivity contribution is -0.113. The average Bonchev–Trinajstić information content (AvgIpc) is 2.19. The fourth-order valence-corrected chi connectivity index (χ4v) is 1.35. The van der Waals surface area contributed by atoms with Crippen LogP contribution in [0.2, 0.25) is 0 Å². The van der Waals surface area contributed by atoms with Crippen molar-refractivity contribution in [2.45, 2.75) is 20.3 Å². The van der Waals surface area contributed by atoms with Gasteiger partial charge in [-0.15, -0.1) is 0 Å². The lowest BCUT2D eigenvalue weighted by Crippen LogP contribution is -2.00. The van der Waals surface area contributed by atoms with E-state index in [1.54, 1.807) is 12.1 Å². The fourth-order valence-electron chi connectivity index (χ4n) is 1.35. The minimum Gasteiger partial charge on any atom is -0.507 e.